The van der Waals surface area contributed by atoms with Crippen molar-refractivity contribution in [2.24, 2.45) is 0 Å². The number of phenols is 1. The van der Waals surface area contributed by atoms with Gasteiger partial charge in [0.25, 0.3) is 5.91 Å². The summed E-state index contributed by atoms with van der Waals surface area (Å²) in [5, 5.41) is 27.7. The number of aromatic hydroxyl groups is 1. The second-order valence-electron chi connectivity index (χ2n) is 7.88. The molecule has 1 atom stereocenters. The number of ether oxygens (including phenoxy) is 1. The number of aliphatic hydroxyl groups excluding tert-OH is 1. The van der Waals surface area contributed by atoms with E-state index in [1.165, 1.54) is 0 Å². The number of β-amino-alcohol motifs (C(OH)–C–C–N with tert-alkyl or cyclic N) is 1. The number of phenolic OH excluding ortho intramolecular Hbond substituents is 1. The molecule has 0 saturated carbocycles. The zero-order chi connectivity index (χ0) is 22.1. The molecule has 2 aromatic carbocycles. The molecule has 1 unspecified atom stereocenters. The lowest BCUT2D eigenvalue weighted by Gasteiger charge is -2.26. The summed E-state index contributed by atoms with van der Waals surface area (Å²) in [6.45, 7) is 6.47. The van der Waals surface area contributed by atoms with Gasteiger partial charge in [-0.3, -0.25) is 9.89 Å². The molecule has 1 amide bonds. The summed E-state index contributed by atoms with van der Waals surface area (Å²) < 4.78 is 5.80. The Morgan fingerprint density at radius 2 is 2.03 bits per heavy atom. The molecule has 0 radical (unpaired) electrons. The molecule has 7 nitrogen and oxygen atoms in total. The lowest BCUT2D eigenvalue weighted by Crippen LogP contribution is -2.32. The minimum atomic E-state index is -0.450. The van der Waals surface area contributed by atoms with Gasteiger partial charge in [0.05, 0.1) is 19.3 Å². The highest BCUT2D eigenvalue weighted by Gasteiger charge is 2.42. The Morgan fingerprint density at radius 1 is 1.23 bits per heavy atom. The van der Waals surface area contributed by atoms with Crippen molar-refractivity contribution < 1.29 is 19.7 Å². The maximum absolute atomic E-state index is 13.1. The van der Waals surface area contributed by atoms with E-state index >= 15 is 0 Å². The molecule has 0 saturated heterocycles. The van der Waals surface area contributed by atoms with Crippen LogP contribution in [0.1, 0.15) is 52.1 Å². The van der Waals surface area contributed by atoms with E-state index in [0.717, 1.165) is 28.9 Å². The van der Waals surface area contributed by atoms with Gasteiger partial charge in [-0.2, -0.15) is 5.10 Å². The topological polar surface area (TPSA) is 98.7 Å². The third kappa shape index (κ3) is 3.65. The van der Waals surface area contributed by atoms with Crippen molar-refractivity contribution in [2.75, 3.05) is 19.8 Å². The molecule has 1 aliphatic heterocycles. The maximum Gasteiger partial charge on any atom is 0.273 e. The standard InChI is InChI=1S/C24H27N3O4/c1-4-10-31-17-7-5-6-16(13-17)22-19-20(18-12-14(2)11-15(3)23(18)29)25-26-21(19)24(30)27(22)8-9-28/h5-7,11-13,22,28-29H,4,8-10H2,1-3H3,(H,25,26). The largest absolute Gasteiger partial charge is 0.507 e. The highest BCUT2D eigenvalue weighted by Crippen LogP contribution is 2.45. The molecule has 3 N–H and O–H groups in total. The summed E-state index contributed by atoms with van der Waals surface area (Å²) in [7, 11) is 0. The monoisotopic (exact) mass is 421 g/mol. The first kappa shape index (κ1) is 20.9. The van der Waals surface area contributed by atoms with Crippen LogP contribution in [-0.4, -0.2) is 51.0 Å². The van der Waals surface area contributed by atoms with Gasteiger partial charge in [0, 0.05) is 17.7 Å². The second-order valence-corrected chi connectivity index (χ2v) is 7.88. The van der Waals surface area contributed by atoms with Crippen molar-refractivity contribution >= 4 is 5.91 Å². The lowest BCUT2D eigenvalue weighted by molar-refractivity contribution is 0.0706. The van der Waals surface area contributed by atoms with Crippen LogP contribution in [0.2, 0.25) is 0 Å². The highest BCUT2D eigenvalue weighted by atomic mass is 16.5. The van der Waals surface area contributed by atoms with Gasteiger partial charge in [-0.05, 0) is 55.2 Å². The zero-order valence-corrected chi connectivity index (χ0v) is 18.0. The van der Waals surface area contributed by atoms with Gasteiger partial charge in [0.15, 0.2) is 0 Å². The van der Waals surface area contributed by atoms with Crippen LogP contribution >= 0.6 is 0 Å². The molecule has 0 aliphatic carbocycles. The van der Waals surface area contributed by atoms with Gasteiger partial charge in [-0.15, -0.1) is 0 Å². The molecule has 0 spiro atoms. The summed E-state index contributed by atoms with van der Waals surface area (Å²) in [5.74, 6) is 0.645. The van der Waals surface area contributed by atoms with Gasteiger partial charge >= 0.3 is 0 Å². The average molecular weight is 421 g/mol. The minimum absolute atomic E-state index is 0.145. The zero-order valence-electron chi connectivity index (χ0n) is 18.0. The van der Waals surface area contributed by atoms with E-state index in [1.54, 1.807) is 4.90 Å². The van der Waals surface area contributed by atoms with Crippen LogP contribution in [0.5, 0.6) is 11.5 Å². The predicted octanol–water partition coefficient (Wildman–Crippen LogP) is 3.73. The molecule has 162 valence electrons. The number of benzene rings is 2. The van der Waals surface area contributed by atoms with Crippen LogP contribution in [0.25, 0.3) is 11.3 Å². The average Bonchev–Trinajstić information content (AvgIpc) is 3.29. The van der Waals surface area contributed by atoms with Crippen molar-refractivity contribution in [1.82, 2.24) is 15.1 Å². The highest BCUT2D eigenvalue weighted by molar-refractivity contribution is 6.00. The van der Waals surface area contributed by atoms with Crippen molar-refractivity contribution in [3.8, 4) is 22.8 Å². The Balaban J connectivity index is 1.88. The molecule has 1 aromatic heterocycles. The van der Waals surface area contributed by atoms with Crippen molar-refractivity contribution in [3.05, 3.63) is 64.3 Å². The van der Waals surface area contributed by atoms with Crippen LogP contribution < -0.4 is 4.74 Å². The summed E-state index contributed by atoms with van der Waals surface area (Å²) >= 11 is 0. The van der Waals surface area contributed by atoms with Gasteiger partial charge in [0.1, 0.15) is 22.9 Å². The third-order valence-electron chi connectivity index (χ3n) is 5.55. The fraction of sp³-hybridized carbons (Fsp3) is 0.333. The first-order valence-corrected chi connectivity index (χ1v) is 10.5. The van der Waals surface area contributed by atoms with Gasteiger partial charge in [-0.25, -0.2) is 0 Å². The number of hydrogen-bond acceptors (Lipinski definition) is 5. The van der Waals surface area contributed by atoms with Crippen molar-refractivity contribution in [1.29, 1.82) is 0 Å². The molecule has 0 bridgehead atoms. The SMILES string of the molecule is CCCOc1cccc(C2c3c(-c4cc(C)cc(C)c4O)n[nH]c3C(=O)N2CCO)c1. The number of aromatic nitrogens is 2. The second kappa shape index (κ2) is 8.43. The molecule has 7 heteroatoms. The number of aromatic amines is 1. The summed E-state index contributed by atoms with van der Waals surface area (Å²) in [6, 6.07) is 11.0. The number of aliphatic hydroxyl groups is 1. The normalized spacial score (nSPS) is 15.4. The van der Waals surface area contributed by atoms with Crippen LogP contribution in [0.15, 0.2) is 36.4 Å². The molecule has 1 aliphatic rings. The number of rotatable bonds is 7. The fourth-order valence-corrected chi connectivity index (χ4v) is 4.22. The first-order chi connectivity index (χ1) is 15.0. The molecule has 2 heterocycles. The molecular formula is C24H27N3O4. The Hall–Kier alpha value is -3.32. The van der Waals surface area contributed by atoms with Crippen LogP contribution in [-0.2, 0) is 0 Å². The molecular weight excluding hydrogens is 394 g/mol. The number of carbonyl (C=O) groups excluding carboxylic acids is 1. The minimum Gasteiger partial charge on any atom is -0.507 e. The Labute approximate surface area is 181 Å². The number of fused-ring (bicyclic) bond motifs is 1. The van der Waals surface area contributed by atoms with E-state index in [4.69, 9.17) is 4.74 Å². The summed E-state index contributed by atoms with van der Waals surface area (Å²) in [5.41, 5.74) is 4.80. The number of hydrogen-bond donors (Lipinski definition) is 3. The Bertz CT molecular complexity index is 1120. The van der Waals surface area contributed by atoms with Crippen LogP contribution in [0, 0.1) is 13.8 Å². The predicted molar refractivity (Wildman–Crippen MR) is 117 cm³/mol. The Kier molecular flexibility index (Phi) is 5.69. The van der Waals surface area contributed by atoms with Crippen LogP contribution in [0.3, 0.4) is 0 Å². The summed E-state index contributed by atoms with van der Waals surface area (Å²) in [6.07, 6.45) is 0.894. The van der Waals surface area contributed by atoms with Gasteiger partial charge in [0.2, 0.25) is 0 Å². The number of carbonyl (C=O) groups is 1. The first-order valence-electron chi connectivity index (χ1n) is 10.5. The quantitative estimate of drug-likeness (QED) is 0.540. The fourth-order valence-electron chi connectivity index (χ4n) is 4.22. The van der Waals surface area contributed by atoms with Gasteiger partial charge < -0.3 is 19.8 Å². The number of amides is 1. The lowest BCUT2D eigenvalue weighted by atomic mass is 9.94. The smallest absolute Gasteiger partial charge is 0.273 e. The van der Waals surface area contributed by atoms with Crippen molar-refractivity contribution in [2.45, 2.75) is 33.2 Å². The third-order valence-corrected chi connectivity index (χ3v) is 5.55. The van der Waals surface area contributed by atoms with Crippen molar-refractivity contribution in [3.63, 3.8) is 0 Å². The number of H-pyrrole nitrogens is 1. The molecule has 0 fully saturated rings. The molecule has 4 rings (SSSR count). The number of nitrogens with one attached hydrogen (secondary N) is 1. The van der Waals surface area contributed by atoms with E-state index in [2.05, 4.69) is 10.2 Å². The molecule has 3 aromatic rings. The number of nitrogens with zero attached hydrogens (tertiary/aromatic N) is 2. The summed E-state index contributed by atoms with van der Waals surface area (Å²) in [4.78, 5) is 14.8. The van der Waals surface area contributed by atoms with E-state index in [1.807, 2.05) is 57.2 Å². The van der Waals surface area contributed by atoms with E-state index in [9.17, 15) is 15.0 Å². The maximum atomic E-state index is 13.1. The molecule has 31 heavy (non-hydrogen) atoms. The van der Waals surface area contributed by atoms with Gasteiger partial charge in [-0.1, -0.05) is 25.1 Å². The Morgan fingerprint density at radius 3 is 2.77 bits per heavy atom. The van der Waals surface area contributed by atoms with E-state index in [0.29, 0.717) is 29.1 Å². The van der Waals surface area contributed by atoms with E-state index in [-0.39, 0.29) is 24.8 Å². The number of aryl methyl sites for hydroxylation is 2. The van der Waals surface area contributed by atoms with E-state index < -0.39 is 6.04 Å². The van der Waals surface area contributed by atoms with Crippen LogP contribution in [0.4, 0.5) is 0 Å².